The first-order valence-corrected chi connectivity index (χ1v) is 9.20. The van der Waals surface area contributed by atoms with Crippen LogP contribution >= 0.6 is 24.0 Å². The van der Waals surface area contributed by atoms with E-state index in [1.807, 2.05) is 31.1 Å². The van der Waals surface area contributed by atoms with Gasteiger partial charge in [-0.05, 0) is 28.8 Å². The average molecular weight is 536 g/mol. The number of aliphatic imine (C=N–C) groups is 1. The molecule has 30 heavy (non-hydrogen) atoms. The van der Waals surface area contributed by atoms with Gasteiger partial charge in [-0.1, -0.05) is 36.4 Å². The monoisotopic (exact) mass is 536 g/mol. The molecule has 0 atom stereocenters. The number of halogens is 4. The molecule has 0 bridgehead atoms. The molecule has 0 fully saturated rings. The highest BCUT2D eigenvalue weighted by atomic mass is 127. The molecule has 0 amide bonds. The van der Waals surface area contributed by atoms with Crippen LogP contribution in [0.1, 0.15) is 16.7 Å². The molecule has 0 aliphatic carbocycles. The second kappa shape index (κ2) is 12.6. The summed E-state index contributed by atoms with van der Waals surface area (Å²) in [5.74, 6) is 0.666. The van der Waals surface area contributed by atoms with Gasteiger partial charge >= 0.3 is 6.18 Å². The highest BCUT2D eigenvalue weighted by Crippen LogP contribution is 2.16. The van der Waals surface area contributed by atoms with E-state index in [4.69, 9.17) is 0 Å². The molecule has 0 spiro atoms. The molecule has 0 aliphatic heterocycles. The highest BCUT2D eigenvalue weighted by molar-refractivity contribution is 14.0. The normalized spacial score (nSPS) is 11.6. The zero-order chi connectivity index (χ0) is 21.3. The number of nitrogens with one attached hydrogen (secondary N) is 2. The number of anilines is 1. The Bertz CT molecular complexity index is 778. The van der Waals surface area contributed by atoms with E-state index in [0.717, 1.165) is 16.8 Å². The molecule has 0 radical (unpaired) electrons. The van der Waals surface area contributed by atoms with Crippen molar-refractivity contribution >= 4 is 35.6 Å². The van der Waals surface area contributed by atoms with Gasteiger partial charge in [-0.2, -0.15) is 13.2 Å². The van der Waals surface area contributed by atoms with Crippen LogP contribution in [-0.2, 0) is 24.4 Å². The molecule has 0 saturated heterocycles. The van der Waals surface area contributed by atoms with Crippen LogP contribution in [0.5, 0.6) is 0 Å². The van der Waals surface area contributed by atoms with Crippen molar-refractivity contribution in [3.05, 3.63) is 65.2 Å². The molecule has 2 N–H and O–H groups in total. The van der Waals surface area contributed by atoms with E-state index in [1.54, 1.807) is 19.2 Å². The summed E-state index contributed by atoms with van der Waals surface area (Å²) in [4.78, 5) is 6.25. The van der Waals surface area contributed by atoms with Crippen molar-refractivity contribution in [1.82, 2.24) is 10.6 Å². The van der Waals surface area contributed by atoms with Crippen molar-refractivity contribution in [2.75, 3.05) is 32.6 Å². The molecule has 0 unspecified atom stereocenters. The summed E-state index contributed by atoms with van der Waals surface area (Å²) < 4.78 is 41.0. The minimum Gasteiger partial charge on any atom is -0.378 e. The Morgan fingerprint density at radius 3 is 1.80 bits per heavy atom. The van der Waals surface area contributed by atoms with E-state index >= 15 is 0 Å². The standard InChI is InChI=1S/C21H27F3N4O.HI/c1-25-20(27-13-17-8-10-19(11-9-17)28(2)3)26-12-16-4-6-18(7-5-16)14-29-15-21(22,23)24;/h4-11H,12-15H2,1-3H3,(H2,25,26,27);1H. The zero-order valence-electron chi connectivity index (χ0n) is 17.3. The van der Waals surface area contributed by atoms with Crippen molar-refractivity contribution in [2.45, 2.75) is 25.9 Å². The minimum absolute atomic E-state index is 0. The van der Waals surface area contributed by atoms with Crippen molar-refractivity contribution in [3.8, 4) is 0 Å². The van der Waals surface area contributed by atoms with Gasteiger partial charge in [0, 0.05) is 39.9 Å². The Morgan fingerprint density at radius 1 is 0.900 bits per heavy atom. The second-order valence-electron chi connectivity index (χ2n) is 6.76. The number of hydrogen-bond donors (Lipinski definition) is 2. The van der Waals surface area contributed by atoms with Crippen LogP contribution in [0.3, 0.4) is 0 Å². The van der Waals surface area contributed by atoms with Crippen LogP contribution in [0.15, 0.2) is 53.5 Å². The molecule has 2 aromatic carbocycles. The summed E-state index contributed by atoms with van der Waals surface area (Å²) in [7, 11) is 5.70. The number of rotatable bonds is 8. The van der Waals surface area contributed by atoms with Crippen LogP contribution in [0.2, 0.25) is 0 Å². The lowest BCUT2D eigenvalue weighted by atomic mass is 10.1. The first-order chi connectivity index (χ1) is 13.8. The van der Waals surface area contributed by atoms with E-state index in [0.29, 0.717) is 24.6 Å². The molecule has 2 aromatic rings. The maximum Gasteiger partial charge on any atom is 0.411 e. The van der Waals surface area contributed by atoms with Gasteiger partial charge in [-0.25, -0.2) is 0 Å². The average Bonchev–Trinajstić information content (AvgIpc) is 2.68. The van der Waals surface area contributed by atoms with Crippen LogP contribution < -0.4 is 15.5 Å². The van der Waals surface area contributed by atoms with Crippen molar-refractivity contribution in [2.24, 2.45) is 4.99 Å². The first-order valence-electron chi connectivity index (χ1n) is 9.20. The Hall–Kier alpha value is -2.01. The number of ether oxygens (including phenoxy) is 1. The van der Waals surface area contributed by atoms with Gasteiger partial charge in [-0.3, -0.25) is 4.99 Å². The lowest BCUT2D eigenvalue weighted by Gasteiger charge is -2.14. The highest BCUT2D eigenvalue weighted by Gasteiger charge is 2.27. The Kier molecular flexibility index (Phi) is 11.0. The molecule has 0 aliphatic rings. The third-order valence-electron chi connectivity index (χ3n) is 4.15. The molecule has 0 saturated carbocycles. The Labute approximate surface area is 192 Å². The molecular formula is C21H28F3IN4O. The quantitative estimate of drug-likeness (QED) is 0.300. The summed E-state index contributed by atoms with van der Waals surface area (Å²) in [6, 6.07) is 15.5. The number of alkyl halides is 3. The number of nitrogens with zero attached hydrogens (tertiary/aromatic N) is 2. The molecule has 5 nitrogen and oxygen atoms in total. The summed E-state index contributed by atoms with van der Waals surface area (Å²) in [5.41, 5.74) is 3.97. The molecule has 166 valence electrons. The summed E-state index contributed by atoms with van der Waals surface area (Å²) >= 11 is 0. The van der Waals surface area contributed by atoms with Gasteiger partial charge < -0.3 is 20.3 Å². The minimum atomic E-state index is -4.30. The van der Waals surface area contributed by atoms with Gasteiger partial charge in [0.05, 0.1) is 6.61 Å². The fraction of sp³-hybridized carbons (Fsp3) is 0.381. The maximum atomic E-state index is 12.1. The van der Waals surface area contributed by atoms with E-state index < -0.39 is 12.8 Å². The number of hydrogen-bond acceptors (Lipinski definition) is 3. The van der Waals surface area contributed by atoms with Gasteiger partial charge in [0.2, 0.25) is 0 Å². The first kappa shape index (κ1) is 26.0. The van der Waals surface area contributed by atoms with Gasteiger partial charge in [0.25, 0.3) is 0 Å². The summed E-state index contributed by atoms with van der Waals surface area (Å²) in [5, 5.41) is 6.48. The predicted octanol–water partition coefficient (Wildman–Crippen LogP) is 4.31. The third-order valence-corrected chi connectivity index (χ3v) is 4.15. The molecule has 2 rings (SSSR count). The molecule has 9 heteroatoms. The zero-order valence-corrected chi connectivity index (χ0v) is 19.6. The number of guanidine groups is 1. The van der Waals surface area contributed by atoms with E-state index in [9.17, 15) is 13.2 Å². The Balaban J connectivity index is 0.00000450. The SMILES string of the molecule is CN=C(NCc1ccc(COCC(F)(F)F)cc1)NCc1ccc(N(C)C)cc1.I. The van der Waals surface area contributed by atoms with Gasteiger partial charge in [-0.15, -0.1) is 24.0 Å². The van der Waals surface area contributed by atoms with Crippen LogP contribution in [0.25, 0.3) is 0 Å². The van der Waals surface area contributed by atoms with E-state index in [1.165, 1.54) is 0 Å². The molecular weight excluding hydrogens is 508 g/mol. The van der Waals surface area contributed by atoms with Crippen LogP contribution in [0.4, 0.5) is 18.9 Å². The van der Waals surface area contributed by atoms with Crippen molar-refractivity contribution in [1.29, 1.82) is 0 Å². The van der Waals surface area contributed by atoms with E-state index in [-0.39, 0.29) is 30.6 Å². The molecule has 0 aromatic heterocycles. The molecule has 0 heterocycles. The largest absolute Gasteiger partial charge is 0.411 e. The summed E-state index contributed by atoms with van der Waals surface area (Å²) in [6.45, 7) is -0.120. The predicted molar refractivity (Wildman–Crippen MR) is 125 cm³/mol. The van der Waals surface area contributed by atoms with Gasteiger partial charge in [0.1, 0.15) is 6.61 Å². The smallest absolute Gasteiger partial charge is 0.378 e. The fourth-order valence-corrected chi connectivity index (χ4v) is 2.54. The number of benzene rings is 2. The van der Waals surface area contributed by atoms with Crippen LogP contribution in [0, 0.1) is 0 Å². The maximum absolute atomic E-state index is 12.1. The topological polar surface area (TPSA) is 48.9 Å². The Morgan fingerprint density at radius 2 is 1.37 bits per heavy atom. The lowest BCUT2D eigenvalue weighted by molar-refractivity contribution is -0.176. The fourth-order valence-electron chi connectivity index (χ4n) is 2.54. The lowest BCUT2D eigenvalue weighted by Crippen LogP contribution is -2.36. The summed E-state index contributed by atoms with van der Waals surface area (Å²) in [6.07, 6.45) is -4.30. The van der Waals surface area contributed by atoms with Crippen LogP contribution in [-0.4, -0.2) is 39.9 Å². The van der Waals surface area contributed by atoms with E-state index in [2.05, 4.69) is 44.6 Å². The van der Waals surface area contributed by atoms with Crippen molar-refractivity contribution < 1.29 is 17.9 Å². The van der Waals surface area contributed by atoms with Crippen molar-refractivity contribution in [3.63, 3.8) is 0 Å². The second-order valence-corrected chi connectivity index (χ2v) is 6.76. The van der Waals surface area contributed by atoms with Gasteiger partial charge in [0.15, 0.2) is 5.96 Å². The third kappa shape index (κ3) is 9.66.